The van der Waals surface area contributed by atoms with Crippen LogP contribution in [0.15, 0.2) is 83.4 Å². The zero-order chi connectivity index (χ0) is 28.2. The number of non-ortho nitro benzene ring substituents is 1. The number of aromatic nitrogens is 1. The second kappa shape index (κ2) is 11.5. The smallest absolute Gasteiger partial charge is 0.273 e. The van der Waals surface area contributed by atoms with Crippen molar-refractivity contribution in [3.63, 3.8) is 0 Å². The quantitative estimate of drug-likeness (QED) is 0.154. The molecule has 1 aliphatic heterocycles. The molecule has 2 atom stereocenters. The molecule has 2 aromatic heterocycles. The highest BCUT2D eigenvalue weighted by atomic mass is 32.1. The molecule has 0 radical (unpaired) electrons. The second-order valence-corrected chi connectivity index (χ2v) is 9.71. The number of thiocarbonyl (C=S) groups is 1. The number of anilines is 1. The number of nitrogens with one attached hydrogen (secondary N) is 2. The molecule has 10 nitrogen and oxygen atoms in total. The molecule has 1 aliphatic rings. The van der Waals surface area contributed by atoms with Crippen LogP contribution in [0.3, 0.4) is 0 Å². The number of nitro benzene ring substituents is 1. The molecule has 2 aromatic carbocycles. The third kappa shape index (κ3) is 5.64. The molecule has 1 amide bonds. The Morgan fingerprint density at radius 2 is 1.98 bits per heavy atom. The molecule has 0 aliphatic carbocycles. The lowest BCUT2D eigenvalue weighted by Crippen LogP contribution is -2.32. The minimum Gasteiger partial charge on any atom is -0.496 e. The normalized spacial score (nSPS) is 16.4. The molecular weight excluding hydrogens is 530 g/mol. The lowest BCUT2D eigenvalue weighted by molar-refractivity contribution is -0.384. The van der Waals surface area contributed by atoms with Crippen LogP contribution in [0.5, 0.6) is 5.75 Å². The van der Waals surface area contributed by atoms with Gasteiger partial charge in [-0.05, 0) is 61.6 Å². The van der Waals surface area contributed by atoms with Crippen molar-refractivity contribution in [3.05, 3.63) is 106 Å². The minimum atomic E-state index is -0.477. The van der Waals surface area contributed by atoms with Crippen LogP contribution in [0.25, 0.3) is 11.3 Å². The number of rotatable bonds is 9. The van der Waals surface area contributed by atoms with Gasteiger partial charge in [-0.25, -0.2) is 0 Å². The van der Waals surface area contributed by atoms with Crippen molar-refractivity contribution >= 4 is 34.6 Å². The number of methoxy groups -OCH3 is 1. The van der Waals surface area contributed by atoms with Gasteiger partial charge in [0.2, 0.25) is 5.91 Å². The van der Waals surface area contributed by atoms with E-state index in [1.807, 2.05) is 60.4 Å². The summed E-state index contributed by atoms with van der Waals surface area (Å²) >= 11 is 5.70. The minimum absolute atomic E-state index is 0.0805. The topological polar surface area (TPSA) is 123 Å². The van der Waals surface area contributed by atoms with Crippen molar-refractivity contribution in [1.29, 1.82) is 0 Å². The van der Waals surface area contributed by atoms with Gasteiger partial charge in [-0.3, -0.25) is 19.9 Å². The summed E-state index contributed by atoms with van der Waals surface area (Å²) in [6.45, 7) is 2.33. The first kappa shape index (κ1) is 26.8. The molecule has 5 rings (SSSR count). The van der Waals surface area contributed by atoms with Crippen LogP contribution < -0.4 is 15.4 Å². The summed E-state index contributed by atoms with van der Waals surface area (Å²) < 4.78 is 11.7. The molecule has 1 saturated heterocycles. The average molecular weight is 558 g/mol. The molecule has 1 fully saturated rings. The van der Waals surface area contributed by atoms with Crippen molar-refractivity contribution in [2.45, 2.75) is 25.4 Å². The number of benzene rings is 2. The molecule has 0 bridgehead atoms. The molecule has 0 saturated carbocycles. The first-order chi connectivity index (χ1) is 19.3. The van der Waals surface area contributed by atoms with Crippen LogP contribution in [-0.2, 0) is 4.79 Å². The number of ether oxygens (including phenoxy) is 1. The van der Waals surface area contributed by atoms with E-state index in [0.717, 1.165) is 16.9 Å². The summed E-state index contributed by atoms with van der Waals surface area (Å²) in [5.41, 5.74) is 3.11. The molecule has 11 heteroatoms. The lowest BCUT2D eigenvalue weighted by Gasteiger charge is -2.25. The molecular formula is C29H27N5O5S. The Bertz CT molecular complexity index is 1540. The van der Waals surface area contributed by atoms with Crippen LogP contribution in [0, 0.1) is 17.0 Å². The summed E-state index contributed by atoms with van der Waals surface area (Å²) in [5, 5.41) is 18.0. The summed E-state index contributed by atoms with van der Waals surface area (Å²) in [4.78, 5) is 30.0. The molecule has 4 aromatic rings. The summed E-state index contributed by atoms with van der Waals surface area (Å²) in [6.07, 6.45) is 1.91. The highest BCUT2D eigenvalue weighted by Crippen LogP contribution is 2.42. The number of carbonyl (C=O) groups is 1. The number of furan rings is 1. The van der Waals surface area contributed by atoms with E-state index in [9.17, 15) is 14.9 Å². The van der Waals surface area contributed by atoms with Crippen molar-refractivity contribution in [2.24, 2.45) is 0 Å². The van der Waals surface area contributed by atoms with Crippen LogP contribution in [0.1, 0.15) is 35.5 Å². The van der Waals surface area contributed by atoms with Gasteiger partial charge in [-0.2, -0.15) is 0 Å². The van der Waals surface area contributed by atoms with Gasteiger partial charge in [-0.1, -0.05) is 23.8 Å². The zero-order valence-corrected chi connectivity index (χ0v) is 22.7. The van der Waals surface area contributed by atoms with E-state index in [1.54, 1.807) is 18.3 Å². The number of carbonyl (C=O) groups excluding carboxylic acids is 1. The fourth-order valence-corrected chi connectivity index (χ4v) is 5.02. The predicted octanol–water partition coefficient (Wildman–Crippen LogP) is 5.57. The average Bonchev–Trinajstić information content (AvgIpc) is 3.57. The maximum absolute atomic E-state index is 12.8. The maximum atomic E-state index is 12.8. The Kier molecular flexibility index (Phi) is 7.74. The van der Waals surface area contributed by atoms with E-state index in [1.165, 1.54) is 19.2 Å². The molecule has 3 heterocycles. The fraction of sp³-hybridized carbons (Fsp3) is 0.207. The number of pyridine rings is 1. The third-order valence-electron chi connectivity index (χ3n) is 6.69. The summed E-state index contributed by atoms with van der Waals surface area (Å²) in [6, 6.07) is 20.5. The predicted molar refractivity (Wildman–Crippen MR) is 154 cm³/mol. The molecule has 40 heavy (non-hydrogen) atoms. The van der Waals surface area contributed by atoms with Gasteiger partial charge in [-0.15, -0.1) is 0 Å². The number of nitrogens with zero attached hydrogens (tertiary/aromatic N) is 3. The number of nitro groups is 1. The number of hydrogen-bond acceptors (Lipinski definition) is 7. The Morgan fingerprint density at radius 3 is 2.67 bits per heavy atom. The first-order valence-corrected chi connectivity index (χ1v) is 13.0. The van der Waals surface area contributed by atoms with Gasteiger partial charge < -0.3 is 24.7 Å². The van der Waals surface area contributed by atoms with Gasteiger partial charge >= 0.3 is 0 Å². The van der Waals surface area contributed by atoms with Crippen molar-refractivity contribution in [3.8, 4) is 17.1 Å². The molecule has 0 unspecified atom stereocenters. The monoisotopic (exact) mass is 557 g/mol. The van der Waals surface area contributed by atoms with E-state index >= 15 is 0 Å². The van der Waals surface area contributed by atoms with E-state index in [0.29, 0.717) is 34.5 Å². The third-order valence-corrected chi connectivity index (χ3v) is 7.04. The maximum Gasteiger partial charge on any atom is 0.273 e. The summed E-state index contributed by atoms with van der Waals surface area (Å²) in [5.74, 6) is 1.26. The standard InChI is InChI=1S/C29H27N5O5S/c1-18-6-8-19(9-7-18)31-26(35)14-16-33-28(27(32-29(33)40)22-5-3-4-15-30-22)24-13-12-23(39-24)21-11-10-20(34(36)37)17-25(21)38-2/h3-13,15,17,27-28H,14,16H2,1-2H3,(H,31,35)(H,32,40)/t27-,28-/m0/s1. The van der Waals surface area contributed by atoms with E-state index in [-0.39, 0.29) is 24.1 Å². The van der Waals surface area contributed by atoms with Crippen molar-refractivity contribution in [1.82, 2.24) is 15.2 Å². The van der Waals surface area contributed by atoms with E-state index in [4.69, 9.17) is 21.4 Å². The SMILES string of the molecule is COc1cc([N+](=O)[O-])ccc1-c1ccc([C@H]2[C@H](c3ccccn3)NC(=S)N2CCC(=O)Nc2ccc(C)cc2)o1. The van der Waals surface area contributed by atoms with Gasteiger partial charge in [0.05, 0.1) is 35.4 Å². The van der Waals surface area contributed by atoms with Crippen LogP contribution in [-0.4, -0.2) is 39.5 Å². The van der Waals surface area contributed by atoms with E-state index in [2.05, 4.69) is 15.6 Å². The van der Waals surface area contributed by atoms with Crippen molar-refractivity contribution < 1.29 is 18.9 Å². The Morgan fingerprint density at radius 1 is 1.18 bits per heavy atom. The number of hydrogen-bond donors (Lipinski definition) is 2. The van der Waals surface area contributed by atoms with Gasteiger partial charge in [0.15, 0.2) is 5.11 Å². The largest absolute Gasteiger partial charge is 0.496 e. The van der Waals surface area contributed by atoms with Gasteiger partial charge in [0.1, 0.15) is 23.3 Å². The Hall–Kier alpha value is -4.77. The van der Waals surface area contributed by atoms with Gasteiger partial charge in [0, 0.05) is 30.9 Å². The highest BCUT2D eigenvalue weighted by molar-refractivity contribution is 7.80. The highest BCUT2D eigenvalue weighted by Gasteiger charge is 2.41. The van der Waals surface area contributed by atoms with Crippen molar-refractivity contribution in [2.75, 3.05) is 19.0 Å². The number of amides is 1. The van der Waals surface area contributed by atoms with E-state index < -0.39 is 11.0 Å². The summed E-state index contributed by atoms with van der Waals surface area (Å²) in [7, 11) is 1.45. The second-order valence-electron chi connectivity index (χ2n) is 9.33. The Labute approximate surface area is 236 Å². The van der Waals surface area contributed by atoms with Crippen LogP contribution in [0.4, 0.5) is 11.4 Å². The number of aryl methyl sites for hydroxylation is 1. The van der Waals surface area contributed by atoms with Gasteiger partial charge in [0.25, 0.3) is 5.69 Å². The molecule has 0 spiro atoms. The first-order valence-electron chi connectivity index (χ1n) is 12.6. The zero-order valence-electron chi connectivity index (χ0n) is 21.9. The van der Waals surface area contributed by atoms with Crippen LogP contribution >= 0.6 is 12.2 Å². The molecule has 2 N–H and O–H groups in total. The molecule has 204 valence electrons. The fourth-order valence-electron chi connectivity index (χ4n) is 4.69. The lowest BCUT2D eigenvalue weighted by atomic mass is 10.0. The Balaban J connectivity index is 1.42. The van der Waals surface area contributed by atoms with Crippen LogP contribution in [0.2, 0.25) is 0 Å².